The van der Waals surface area contributed by atoms with Crippen molar-refractivity contribution in [3.05, 3.63) is 75.9 Å². The van der Waals surface area contributed by atoms with Gasteiger partial charge in [-0.15, -0.1) is 0 Å². The summed E-state index contributed by atoms with van der Waals surface area (Å²) in [5, 5.41) is 6.92. The number of benzene rings is 2. The van der Waals surface area contributed by atoms with Crippen LogP contribution in [0.5, 0.6) is 0 Å². The van der Waals surface area contributed by atoms with Gasteiger partial charge < -0.3 is 5.32 Å². The Kier molecular flexibility index (Phi) is 4.19. The number of amides is 1. The second kappa shape index (κ2) is 6.27. The predicted molar refractivity (Wildman–Crippen MR) is 90.6 cm³/mol. The van der Waals surface area contributed by atoms with E-state index in [1.54, 1.807) is 23.1 Å². The molecule has 1 aromatic heterocycles. The maximum atomic E-state index is 13.3. The van der Waals surface area contributed by atoms with Gasteiger partial charge in [0, 0.05) is 3.57 Å². The Labute approximate surface area is 140 Å². The third kappa shape index (κ3) is 3.16. The SMILES string of the molecule is O=C(Nc1cnn(-c2ccccc2)c1)c1cc(F)ccc1I. The van der Waals surface area contributed by atoms with Crippen LogP contribution in [-0.4, -0.2) is 15.7 Å². The number of rotatable bonds is 3. The molecule has 0 aliphatic rings. The molecule has 4 nitrogen and oxygen atoms in total. The molecule has 0 fully saturated rings. The van der Waals surface area contributed by atoms with Gasteiger partial charge in [-0.05, 0) is 52.9 Å². The van der Waals surface area contributed by atoms with Crippen LogP contribution < -0.4 is 5.32 Å². The number of halogens is 2. The minimum Gasteiger partial charge on any atom is -0.319 e. The van der Waals surface area contributed by atoms with Crippen LogP contribution in [0.4, 0.5) is 10.1 Å². The van der Waals surface area contributed by atoms with E-state index in [0.717, 1.165) is 5.69 Å². The fourth-order valence-corrected chi connectivity index (χ4v) is 2.56. The van der Waals surface area contributed by atoms with Gasteiger partial charge in [-0.3, -0.25) is 4.79 Å². The van der Waals surface area contributed by atoms with Crippen LogP contribution in [0, 0.1) is 9.39 Å². The van der Waals surface area contributed by atoms with E-state index in [9.17, 15) is 9.18 Å². The summed E-state index contributed by atoms with van der Waals surface area (Å²) in [4.78, 5) is 12.2. The Balaban J connectivity index is 1.81. The Bertz CT molecular complexity index is 817. The van der Waals surface area contributed by atoms with Crippen molar-refractivity contribution in [3.8, 4) is 5.69 Å². The topological polar surface area (TPSA) is 46.9 Å². The zero-order chi connectivity index (χ0) is 15.5. The van der Waals surface area contributed by atoms with E-state index in [-0.39, 0.29) is 5.91 Å². The highest BCUT2D eigenvalue weighted by Crippen LogP contribution is 2.17. The molecule has 22 heavy (non-hydrogen) atoms. The summed E-state index contributed by atoms with van der Waals surface area (Å²) in [5.74, 6) is -0.804. The first-order valence-electron chi connectivity index (χ1n) is 6.50. The Hall–Kier alpha value is -2.22. The van der Waals surface area contributed by atoms with Gasteiger partial charge in [-0.25, -0.2) is 9.07 Å². The molecule has 3 aromatic rings. The Morgan fingerprint density at radius 1 is 1.18 bits per heavy atom. The third-order valence-corrected chi connectivity index (χ3v) is 3.97. The fourth-order valence-electron chi connectivity index (χ4n) is 1.98. The van der Waals surface area contributed by atoms with Gasteiger partial charge in [0.1, 0.15) is 5.82 Å². The summed E-state index contributed by atoms with van der Waals surface area (Å²) in [6, 6.07) is 13.7. The van der Waals surface area contributed by atoms with E-state index >= 15 is 0 Å². The number of aromatic nitrogens is 2. The monoisotopic (exact) mass is 407 g/mol. The largest absolute Gasteiger partial charge is 0.319 e. The molecule has 0 bridgehead atoms. The van der Waals surface area contributed by atoms with Crippen molar-refractivity contribution in [1.82, 2.24) is 9.78 Å². The molecule has 0 atom stereocenters. The van der Waals surface area contributed by atoms with Crippen molar-refractivity contribution in [2.45, 2.75) is 0 Å². The zero-order valence-electron chi connectivity index (χ0n) is 11.3. The smallest absolute Gasteiger partial charge is 0.256 e. The van der Waals surface area contributed by atoms with E-state index in [4.69, 9.17) is 0 Å². The van der Waals surface area contributed by atoms with Gasteiger partial charge in [0.15, 0.2) is 0 Å². The molecular weight excluding hydrogens is 396 g/mol. The van der Waals surface area contributed by atoms with Gasteiger partial charge in [0.25, 0.3) is 5.91 Å². The molecule has 0 unspecified atom stereocenters. The molecule has 6 heteroatoms. The van der Waals surface area contributed by atoms with Crippen molar-refractivity contribution >= 4 is 34.2 Å². The molecule has 0 aliphatic heterocycles. The first-order valence-corrected chi connectivity index (χ1v) is 7.58. The number of anilines is 1. The molecule has 3 rings (SSSR count). The van der Waals surface area contributed by atoms with Crippen molar-refractivity contribution in [2.24, 2.45) is 0 Å². The molecule has 1 amide bonds. The van der Waals surface area contributed by atoms with Crippen LogP contribution in [-0.2, 0) is 0 Å². The number of carbonyl (C=O) groups is 1. The van der Waals surface area contributed by atoms with E-state index < -0.39 is 5.82 Å². The number of para-hydroxylation sites is 1. The summed E-state index contributed by atoms with van der Waals surface area (Å²) < 4.78 is 15.6. The summed E-state index contributed by atoms with van der Waals surface area (Å²) in [5.41, 5.74) is 1.74. The Morgan fingerprint density at radius 2 is 1.95 bits per heavy atom. The van der Waals surface area contributed by atoms with E-state index in [0.29, 0.717) is 14.8 Å². The molecular formula is C16H11FIN3O. The fraction of sp³-hybridized carbons (Fsp3) is 0. The van der Waals surface area contributed by atoms with Gasteiger partial charge in [0.2, 0.25) is 0 Å². The number of hydrogen-bond donors (Lipinski definition) is 1. The minimum atomic E-state index is -0.439. The molecule has 1 heterocycles. The van der Waals surface area contributed by atoms with Crippen LogP contribution in [0.15, 0.2) is 60.9 Å². The summed E-state index contributed by atoms with van der Waals surface area (Å²) in [6.45, 7) is 0. The minimum absolute atomic E-state index is 0.299. The quantitative estimate of drug-likeness (QED) is 0.671. The molecule has 0 saturated carbocycles. The standard InChI is InChI=1S/C16H11FIN3O/c17-11-6-7-15(18)14(8-11)16(22)20-12-9-19-21(10-12)13-4-2-1-3-5-13/h1-10H,(H,20,22). The number of hydrogen-bond acceptors (Lipinski definition) is 2. The van der Waals surface area contributed by atoms with Crippen molar-refractivity contribution < 1.29 is 9.18 Å². The number of nitrogens with zero attached hydrogens (tertiary/aromatic N) is 2. The first kappa shape index (κ1) is 14.7. The second-order valence-corrected chi connectivity index (χ2v) is 5.75. The summed E-state index contributed by atoms with van der Waals surface area (Å²) in [6.07, 6.45) is 3.26. The van der Waals surface area contributed by atoms with Gasteiger partial charge >= 0.3 is 0 Å². The van der Waals surface area contributed by atoms with Gasteiger partial charge in [-0.1, -0.05) is 18.2 Å². The lowest BCUT2D eigenvalue weighted by Gasteiger charge is -2.05. The highest BCUT2D eigenvalue weighted by molar-refractivity contribution is 14.1. The van der Waals surface area contributed by atoms with Crippen LogP contribution in [0.25, 0.3) is 5.69 Å². The molecule has 0 radical (unpaired) electrons. The lowest BCUT2D eigenvalue weighted by Crippen LogP contribution is -2.13. The van der Waals surface area contributed by atoms with Crippen molar-refractivity contribution in [3.63, 3.8) is 0 Å². The molecule has 110 valence electrons. The maximum Gasteiger partial charge on any atom is 0.256 e. The van der Waals surface area contributed by atoms with Gasteiger partial charge in [-0.2, -0.15) is 5.10 Å². The van der Waals surface area contributed by atoms with E-state index in [1.165, 1.54) is 12.1 Å². The van der Waals surface area contributed by atoms with Crippen molar-refractivity contribution in [1.29, 1.82) is 0 Å². The highest BCUT2D eigenvalue weighted by atomic mass is 127. The van der Waals surface area contributed by atoms with Crippen LogP contribution in [0.3, 0.4) is 0 Å². The highest BCUT2D eigenvalue weighted by Gasteiger charge is 2.12. The number of nitrogens with one attached hydrogen (secondary N) is 1. The zero-order valence-corrected chi connectivity index (χ0v) is 13.5. The Morgan fingerprint density at radius 3 is 2.73 bits per heavy atom. The molecule has 0 aliphatic carbocycles. The van der Waals surface area contributed by atoms with Crippen LogP contribution >= 0.6 is 22.6 Å². The average molecular weight is 407 g/mol. The lowest BCUT2D eigenvalue weighted by atomic mass is 10.2. The third-order valence-electron chi connectivity index (χ3n) is 3.03. The van der Waals surface area contributed by atoms with Crippen LogP contribution in [0.1, 0.15) is 10.4 Å². The summed E-state index contributed by atoms with van der Waals surface area (Å²) in [7, 11) is 0. The van der Waals surface area contributed by atoms with Crippen molar-refractivity contribution in [2.75, 3.05) is 5.32 Å². The van der Waals surface area contributed by atoms with E-state index in [1.807, 2.05) is 52.9 Å². The average Bonchev–Trinajstić information content (AvgIpc) is 2.99. The second-order valence-electron chi connectivity index (χ2n) is 4.59. The molecule has 0 spiro atoms. The van der Waals surface area contributed by atoms with Crippen LogP contribution in [0.2, 0.25) is 0 Å². The summed E-state index contributed by atoms with van der Waals surface area (Å²) >= 11 is 2.00. The molecule has 0 saturated heterocycles. The molecule has 2 aromatic carbocycles. The number of carbonyl (C=O) groups excluding carboxylic acids is 1. The molecule has 1 N–H and O–H groups in total. The normalized spacial score (nSPS) is 10.5. The van der Waals surface area contributed by atoms with Gasteiger partial charge in [0.05, 0.1) is 29.3 Å². The first-order chi connectivity index (χ1) is 10.6. The lowest BCUT2D eigenvalue weighted by molar-refractivity contribution is 0.102. The maximum absolute atomic E-state index is 13.3. The predicted octanol–water partition coefficient (Wildman–Crippen LogP) is 3.87. The van der Waals surface area contributed by atoms with E-state index in [2.05, 4.69) is 10.4 Å².